The lowest BCUT2D eigenvalue weighted by Crippen LogP contribution is -1.99. The van der Waals surface area contributed by atoms with Gasteiger partial charge in [0.2, 0.25) is 0 Å². The summed E-state index contributed by atoms with van der Waals surface area (Å²) in [4.78, 5) is 9.33. The van der Waals surface area contributed by atoms with E-state index >= 15 is 0 Å². The van der Waals surface area contributed by atoms with Gasteiger partial charge in [-0.1, -0.05) is 77.0 Å². The molecule has 8 aromatic carbocycles. The van der Waals surface area contributed by atoms with Gasteiger partial charge in [0.1, 0.15) is 46.0 Å². The molecular weight excluding hydrogens is 1150 g/mol. The number of aliphatic imine (C=N–C) groups is 2. The Balaban J connectivity index is 0.556. The third kappa shape index (κ3) is 27.8. The van der Waals surface area contributed by atoms with E-state index in [0.29, 0.717) is 13.2 Å². The van der Waals surface area contributed by atoms with Crippen molar-refractivity contribution in [2.45, 2.75) is 128 Å². The first-order valence-corrected chi connectivity index (χ1v) is 33.1. The van der Waals surface area contributed by atoms with Gasteiger partial charge in [-0.25, -0.2) is 0 Å². The number of hydrogen-bond acceptors (Lipinski definition) is 14. The van der Waals surface area contributed by atoms with Crippen molar-refractivity contribution in [2.75, 3.05) is 53.9 Å². The molecule has 0 aliphatic carbocycles. The van der Waals surface area contributed by atoms with Gasteiger partial charge < -0.3 is 37.9 Å². The van der Waals surface area contributed by atoms with Crippen LogP contribution < -0.4 is 37.9 Å². The highest BCUT2D eigenvalue weighted by molar-refractivity contribution is 5.82. The standard InChI is InChI=1S/C78H92N6O8/c1-85-71-43-31-67(32-44-71)81-83-69-35-51-77(52-36-69)91-57-19-13-9-5-3-7-11-17-55-87-73-39-23-63(24-40-73)61-79-65-27-47-75(48-28-65)89-59-21-15-16-22-60-90-76-49-29-66(30-50-76)80-62-64-25-41-74(42-26-64)88-56-18-12-8-4-6-10-14-20-58-92-78-53-37-70(38-54-78)84-82-68-33-45-72(86-2)46-34-68/h23-54,61-62H,3-22,55-60H2,1-2H3. The summed E-state index contributed by atoms with van der Waals surface area (Å²) in [6.07, 6.45) is 26.8. The van der Waals surface area contributed by atoms with E-state index in [1.165, 1.54) is 77.0 Å². The maximum Gasteiger partial charge on any atom is 0.119 e. The van der Waals surface area contributed by atoms with E-state index in [-0.39, 0.29) is 0 Å². The summed E-state index contributed by atoms with van der Waals surface area (Å²) in [5, 5.41) is 17.2. The highest BCUT2D eigenvalue weighted by atomic mass is 16.5. The normalized spacial score (nSPS) is 11.5. The Kier molecular flexibility index (Phi) is 31.2. The van der Waals surface area contributed by atoms with Crippen LogP contribution in [0.5, 0.6) is 46.0 Å². The molecule has 0 aliphatic heterocycles. The lowest BCUT2D eigenvalue weighted by atomic mass is 10.1. The van der Waals surface area contributed by atoms with Crippen molar-refractivity contribution >= 4 is 46.6 Å². The fourth-order valence-corrected chi connectivity index (χ4v) is 9.83. The lowest BCUT2D eigenvalue weighted by Gasteiger charge is -2.08. The van der Waals surface area contributed by atoms with Crippen LogP contribution in [0.2, 0.25) is 0 Å². The third-order valence-electron chi connectivity index (χ3n) is 15.3. The molecule has 0 spiro atoms. The summed E-state index contributed by atoms with van der Waals surface area (Å²) in [5.74, 6) is 6.81. The van der Waals surface area contributed by atoms with Crippen LogP contribution in [0, 0.1) is 0 Å². The smallest absolute Gasteiger partial charge is 0.119 e. The highest BCUT2D eigenvalue weighted by Crippen LogP contribution is 2.27. The Labute approximate surface area is 545 Å². The third-order valence-corrected chi connectivity index (χ3v) is 15.3. The number of nitrogens with zero attached hydrogens (tertiary/aromatic N) is 6. The van der Waals surface area contributed by atoms with E-state index in [9.17, 15) is 0 Å². The van der Waals surface area contributed by atoms with Gasteiger partial charge in [0, 0.05) is 12.4 Å². The van der Waals surface area contributed by atoms with Crippen LogP contribution in [0.15, 0.2) is 225 Å². The zero-order valence-electron chi connectivity index (χ0n) is 54.0. The summed E-state index contributed by atoms with van der Waals surface area (Å²) in [6, 6.07) is 62.6. The molecule has 0 fully saturated rings. The van der Waals surface area contributed by atoms with Gasteiger partial charge >= 0.3 is 0 Å². The van der Waals surface area contributed by atoms with Gasteiger partial charge in [-0.05, 0) is 257 Å². The quantitative estimate of drug-likeness (QED) is 0.0208. The van der Waals surface area contributed by atoms with Crippen molar-refractivity contribution in [3.05, 3.63) is 205 Å². The predicted molar refractivity (Wildman–Crippen MR) is 373 cm³/mol. The van der Waals surface area contributed by atoms with Gasteiger partial charge in [0.15, 0.2) is 0 Å². The van der Waals surface area contributed by atoms with E-state index in [0.717, 1.165) is 169 Å². The van der Waals surface area contributed by atoms with Crippen molar-refractivity contribution in [1.82, 2.24) is 0 Å². The lowest BCUT2D eigenvalue weighted by molar-refractivity contribution is 0.287. The number of methoxy groups -OCH3 is 2. The van der Waals surface area contributed by atoms with Crippen LogP contribution >= 0.6 is 0 Å². The van der Waals surface area contributed by atoms with E-state index in [1.807, 2.05) is 207 Å². The molecule has 8 aromatic rings. The number of azo groups is 2. The van der Waals surface area contributed by atoms with Crippen LogP contribution in [-0.4, -0.2) is 66.3 Å². The van der Waals surface area contributed by atoms with Gasteiger partial charge in [0.05, 0.1) is 88.0 Å². The second-order valence-corrected chi connectivity index (χ2v) is 22.6. The number of unbranched alkanes of at least 4 members (excludes halogenated alkanes) is 17. The van der Waals surface area contributed by atoms with Gasteiger partial charge in [0.25, 0.3) is 0 Å². The first-order chi connectivity index (χ1) is 45.5. The van der Waals surface area contributed by atoms with Crippen LogP contribution in [0.1, 0.15) is 140 Å². The number of benzene rings is 8. The van der Waals surface area contributed by atoms with Gasteiger partial charge in [-0.3, -0.25) is 9.98 Å². The maximum atomic E-state index is 6.02. The van der Waals surface area contributed by atoms with Gasteiger partial charge in [-0.2, -0.15) is 20.5 Å². The van der Waals surface area contributed by atoms with Crippen LogP contribution in [0.4, 0.5) is 34.1 Å². The minimum absolute atomic E-state index is 0.681. The van der Waals surface area contributed by atoms with E-state index in [4.69, 9.17) is 37.9 Å². The molecule has 0 amide bonds. The van der Waals surface area contributed by atoms with Crippen molar-refractivity contribution < 1.29 is 37.9 Å². The molecule has 0 N–H and O–H groups in total. The highest BCUT2D eigenvalue weighted by Gasteiger charge is 2.04. The molecule has 0 aliphatic rings. The zero-order chi connectivity index (χ0) is 63.6. The molecule has 0 heterocycles. The summed E-state index contributed by atoms with van der Waals surface area (Å²) in [6.45, 7) is 4.28. The van der Waals surface area contributed by atoms with Crippen LogP contribution in [0.3, 0.4) is 0 Å². The Hall–Kier alpha value is -9.30. The minimum Gasteiger partial charge on any atom is -0.497 e. The summed E-state index contributed by atoms with van der Waals surface area (Å²) in [7, 11) is 3.29. The summed E-state index contributed by atoms with van der Waals surface area (Å²) < 4.78 is 46.3. The molecule has 8 rings (SSSR count). The van der Waals surface area contributed by atoms with Crippen LogP contribution in [0.25, 0.3) is 0 Å². The minimum atomic E-state index is 0.681. The predicted octanol–water partition coefficient (Wildman–Crippen LogP) is 22.2. The maximum absolute atomic E-state index is 6.02. The monoisotopic (exact) mass is 1240 g/mol. The summed E-state index contributed by atoms with van der Waals surface area (Å²) in [5.41, 5.74) is 6.95. The van der Waals surface area contributed by atoms with Gasteiger partial charge in [-0.15, -0.1) is 0 Å². The molecule has 92 heavy (non-hydrogen) atoms. The molecular formula is C78H92N6O8. The fraction of sp³-hybridized carbons (Fsp3) is 0.359. The molecule has 0 atom stereocenters. The van der Waals surface area contributed by atoms with Crippen molar-refractivity contribution in [2.24, 2.45) is 30.4 Å². The molecule has 0 saturated heterocycles. The number of hydrogen-bond donors (Lipinski definition) is 0. The molecule has 0 bridgehead atoms. The van der Waals surface area contributed by atoms with E-state index in [1.54, 1.807) is 14.2 Å². The molecule has 0 saturated carbocycles. The number of rotatable bonds is 45. The SMILES string of the molecule is COc1ccc(N=Nc2ccc(OCCCCCCCCCCOc3ccc(C=Nc4ccc(OCCCCCCOc5ccc(N=Cc6ccc(OCCCCCCCCCCOc7ccc(N=Nc8ccc(OC)cc8)cc7)cc6)cc5)cc4)cc3)cc2)cc1. The molecule has 14 heteroatoms. The second-order valence-electron chi connectivity index (χ2n) is 22.6. The zero-order valence-corrected chi connectivity index (χ0v) is 54.0. The van der Waals surface area contributed by atoms with E-state index in [2.05, 4.69) is 30.4 Å². The first-order valence-electron chi connectivity index (χ1n) is 33.1. The van der Waals surface area contributed by atoms with Crippen molar-refractivity contribution in [3.8, 4) is 46.0 Å². The average molecular weight is 1240 g/mol. The van der Waals surface area contributed by atoms with Crippen LogP contribution in [-0.2, 0) is 0 Å². The molecule has 0 aromatic heterocycles. The van der Waals surface area contributed by atoms with Crippen molar-refractivity contribution in [1.29, 1.82) is 0 Å². The van der Waals surface area contributed by atoms with E-state index < -0.39 is 0 Å². The fourth-order valence-electron chi connectivity index (χ4n) is 9.83. The Morgan fingerprint density at radius 1 is 0.207 bits per heavy atom. The molecule has 14 nitrogen and oxygen atoms in total. The Morgan fingerprint density at radius 3 is 0.587 bits per heavy atom. The molecule has 0 radical (unpaired) electrons. The Morgan fingerprint density at radius 2 is 0.380 bits per heavy atom. The average Bonchev–Trinajstić information content (AvgIpc) is 3.73. The largest absolute Gasteiger partial charge is 0.497 e. The van der Waals surface area contributed by atoms with Crippen molar-refractivity contribution in [3.63, 3.8) is 0 Å². The molecule has 482 valence electrons. The molecule has 0 unspecified atom stereocenters. The first kappa shape index (κ1) is 68.6. The Bertz CT molecular complexity index is 3130. The number of ether oxygens (including phenoxy) is 8. The summed E-state index contributed by atoms with van der Waals surface area (Å²) >= 11 is 0. The second kappa shape index (κ2) is 41.9. The topological polar surface area (TPSA) is 148 Å².